The van der Waals surface area contributed by atoms with Crippen LogP contribution in [0, 0.1) is 5.92 Å². The van der Waals surface area contributed by atoms with Gasteiger partial charge in [-0.05, 0) is 30.5 Å². The summed E-state index contributed by atoms with van der Waals surface area (Å²) in [6.07, 6.45) is 4.08. The molecule has 102 valence electrons. The Bertz CT molecular complexity index is 468. The van der Waals surface area contributed by atoms with Crippen LogP contribution in [0.5, 0.6) is 0 Å². The van der Waals surface area contributed by atoms with Crippen molar-refractivity contribution < 1.29 is 8.42 Å². The maximum Gasteiger partial charge on any atom is 0.178 e. The molecule has 3 nitrogen and oxygen atoms in total. The average Bonchev–Trinajstić information content (AvgIpc) is 2.34. The molecule has 1 aromatic rings. The molecule has 0 aromatic heterocycles. The van der Waals surface area contributed by atoms with E-state index in [-0.39, 0.29) is 11.7 Å². The third-order valence-corrected chi connectivity index (χ3v) is 5.10. The van der Waals surface area contributed by atoms with Gasteiger partial charge in [-0.2, -0.15) is 0 Å². The van der Waals surface area contributed by atoms with Crippen molar-refractivity contribution >= 4 is 15.5 Å². The highest BCUT2D eigenvalue weighted by molar-refractivity contribution is 7.91. The smallest absolute Gasteiger partial charge is 0.178 e. The van der Waals surface area contributed by atoms with E-state index in [1.54, 1.807) is 24.3 Å². The van der Waals surface area contributed by atoms with E-state index in [1.165, 1.54) is 0 Å². The van der Waals surface area contributed by atoms with Crippen LogP contribution in [0.4, 0.5) is 5.69 Å². The fraction of sp³-hybridized carbons (Fsp3) is 0.571. The van der Waals surface area contributed by atoms with Crippen LogP contribution in [-0.4, -0.2) is 14.2 Å². The molecule has 0 spiro atoms. The number of unbranched alkanes of at least 4 members (excludes halogenated alkanes) is 1. The van der Waals surface area contributed by atoms with Crippen LogP contribution in [0.2, 0.25) is 0 Å². The largest absolute Gasteiger partial charge is 0.399 e. The third kappa shape index (κ3) is 4.33. The van der Waals surface area contributed by atoms with Crippen LogP contribution in [0.25, 0.3) is 0 Å². The quantitative estimate of drug-likeness (QED) is 0.773. The summed E-state index contributed by atoms with van der Waals surface area (Å²) in [6.45, 7) is 4.17. The first-order valence-electron chi connectivity index (χ1n) is 6.58. The predicted molar refractivity (Wildman–Crippen MR) is 76.2 cm³/mol. The van der Waals surface area contributed by atoms with E-state index < -0.39 is 9.84 Å². The number of sulfone groups is 1. The summed E-state index contributed by atoms with van der Waals surface area (Å²) >= 11 is 0. The molecule has 0 heterocycles. The molecule has 0 aliphatic rings. The van der Waals surface area contributed by atoms with Gasteiger partial charge < -0.3 is 5.73 Å². The van der Waals surface area contributed by atoms with Gasteiger partial charge in [0.2, 0.25) is 0 Å². The van der Waals surface area contributed by atoms with Gasteiger partial charge in [0.05, 0.1) is 10.6 Å². The van der Waals surface area contributed by atoms with Crippen molar-refractivity contribution in [2.45, 2.75) is 44.4 Å². The molecule has 0 saturated carbocycles. The molecule has 0 amide bonds. The van der Waals surface area contributed by atoms with Crippen LogP contribution in [0.15, 0.2) is 29.2 Å². The maximum absolute atomic E-state index is 12.3. The summed E-state index contributed by atoms with van der Waals surface area (Å²) in [6, 6.07) is 6.56. The van der Waals surface area contributed by atoms with Gasteiger partial charge in [0.25, 0.3) is 0 Å². The number of anilines is 1. The highest BCUT2D eigenvalue weighted by atomic mass is 32.2. The van der Waals surface area contributed by atoms with Gasteiger partial charge in [0, 0.05) is 5.69 Å². The van der Waals surface area contributed by atoms with Crippen molar-refractivity contribution in [2.24, 2.45) is 5.92 Å². The molecule has 1 unspecified atom stereocenters. The molecule has 2 N–H and O–H groups in total. The van der Waals surface area contributed by atoms with Crippen LogP contribution in [0.1, 0.15) is 39.5 Å². The summed E-state index contributed by atoms with van der Waals surface area (Å²) in [4.78, 5) is 0.345. The standard InChI is InChI=1S/C14H23NO2S/c1-3-5-7-12(4-2)11-18(16,17)14-9-6-8-13(15)10-14/h6,8-10,12H,3-5,7,11,15H2,1-2H3. The van der Waals surface area contributed by atoms with E-state index in [0.29, 0.717) is 10.6 Å². The topological polar surface area (TPSA) is 60.2 Å². The van der Waals surface area contributed by atoms with Crippen molar-refractivity contribution in [3.8, 4) is 0 Å². The monoisotopic (exact) mass is 269 g/mol. The molecule has 1 atom stereocenters. The number of rotatable bonds is 7. The predicted octanol–water partition coefficient (Wildman–Crippen LogP) is 3.26. The summed E-state index contributed by atoms with van der Waals surface area (Å²) in [7, 11) is -3.20. The van der Waals surface area contributed by atoms with Gasteiger partial charge in [0.1, 0.15) is 0 Å². The SMILES string of the molecule is CCCCC(CC)CS(=O)(=O)c1cccc(N)c1. The normalized spacial score (nSPS) is 13.4. The molecule has 0 aliphatic carbocycles. The Labute approximate surface area is 110 Å². The Hall–Kier alpha value is -1.03. The molecule has 0 radical (unpaired) electrons. The summed E-state index contributed by atoms with van der Waals surface area (Å²) < 4.78 is 24.5. The Morgan fingerprint density at radius 2 is 2.00 bits per heavy atom. The summed E-state index contributed by atoms with van der Waals surface area (Å²) in [5, 5.41) is 0. The second-order valence-corrected chi connectivity index (χ2v) is 6.80. The Balaban J connectivity index is 2.80. The van der Waals surface area contributed by atoms with Gasteiger partial charge >= 0.3 is 0 Å². The van der Waals surface area contributed by atoms with E-state index in [2.05, 4.69) is 13.8 Å². The van der Waals surface area contributed by atoms with Gasteiger partial charge in [0.15, 0.2) is 9.84 Å². The van der Waals surface area contributed by atoms with E-state index in [0.717, 1.165) is 25.7 Å². The molecule has 18 heavy (non-hydrogen) atoms. The minimum atomic E-state index is -3.20. The number of benzene rings is 1. The van der Waals surface area contributed by atoms with Gasteiger partial charge in [-0.15, -0.1) is 0 Å². The summed E-state index contributed by atoms with van der Waals surface area (Å²) in [5.41, 5.74) is 6.13. The lowest BCUT2D eigenvalue weighted by atomic mass is 10.0. The third-order valence-electron chi connectivity index (χ3n) is 3.22. The maximum atomic E-state index is 12.3. The first-order chi connectivity index (χ1) is 8.49. The zero-order valence-electron chi connectivity index (χ0n) is 11.2. The fourth-order valence-electron chi connectivity index (χ4n) is 2.01. The van der Waals surface area contributed by atoms with E-state index in [9.17, 15) is 8.42 Å². The molecule has 0 aliphatic heterocycles. The first kappa shape index (κ1) is 15.0. The minimum absolute atomic E-state index is 0.229. The average molecular weight is 269 g/mol. The molecule has 1 rings (SSSR count). The van der Waals surface area contributed by atoms with Gasteiger partial charge in [-0.25, -0.2) is 8.42 Å². The molecular weight excluding hydrogens is 246 g/mol. The molecular formula is C14H23NO2S. The molecule has 1 aromatic carbocycles. The Kier molecular flexibility index (Phi) is 5.66. The van der Waals surface area contributed by atoms with E-state index >= 15 is 0 Å². The lowest BCUT2D eigenvalue weighted by Gasteiger charge is -2.14. The van der Waals surface area contributed by atoms with Gasteiger partial charge in [-0.1, -0.05) is 39.2 Å². The minimum Gasteiger partial charge on any atom is -0.399 e. The Morgan fingerprint density at radius 3 is 2.56 bits per heavy atom. The van der Waals surface area contributed by atoms with Crippen LogP contribution in [-0.2, 0) is 9.84 Å². The number of hydrogen-bond acceptors (Lipinski definition) is 3. The van der Waals surface area contributed by atoms with Crippen LogP contribution in [0.3, 0.4) is 0 Å². The number of nitrogen functional groups attached to an aromatic ring is 1. The van der Waals surface area contributed by atoms with Crippen LogP contribution >= 0.6 is 0 Å². The molecule has 0 bridgehead atoms. The highest BCUT2D eigenvalue weighted by Crippen LogP contribution is 2.21. The zero-order chi connectivity index (χ0) is 13.6. The second-order valence-electron chi connectivity index (χ2n) is 4.77. The first-order valence-corrected chi connectivity index (χ1v) is 8.23. The second kappa shape index (κ2) is 6.78. The van der Waals surface area contributed by atoms with E-state index in [4.69, 9.17) is 5.73 Å². The molecule has 0 saturated heterocycles. The van der Waals surface area contributed by atoms with E-state index in [1.807, 2.05) is 0 Å². The van der Waals surface area contributed by atoms with Crippen molar-refractivity contribution in [3.05, 3.63) is 24.3 Å². The lowest BCUT2D eigenvalue weighted by molar-refractivity contribution is 0.483. The van der Waals surface area contributed by atoms with Crippen molar-refractivity contribution in [3.63, 3.8) is 0 Å². The highest BCUT2D eigenvalue weighted by Gasteiger charge is 2.20. The van der Waals surface area contributed by atoms with Crippen molar-refractivity contribution in [2.75, 3.05) is 11.5 Å². The Morgan fingerprint density at radius 1 is 1.28 bits per heavy atom. The lowest BCUT2D eigenvalue weighted by Crippen LogP contribution is -2.16. The fourth-order valence-corrected chi connectivity index (χ4v) is 3.83. The summed E-state index contributed by atoms with van der Waals surface area (Å²) in [5.74, 6) is 0.476. The van der Waals surface area contributed by atoms with Gasteiger partial charge in [-0.3, -0.25) is 0 Å². The molecule has 0 fully saturated rings. The van der Waals surface area contributed by atoms with Crippen LogP contribution < -0.4 is 5.73 Å². The zero-order valence-corrected chi connectivity index (χ0v) is 12.0. The molecule has 4 heteroatoms. The number of hydrogen-bond donors (Lipinski definition) is 1. The van der Waals surface area contributed by atoms with Crippen molar-refractivity contribution in [1.29, 1.82) is 0 Å². The number of nitrogens with two attached hydrogens (primary N) is 1. The van der Waals surface area contributed by atoms with Crippen molar-refractivity contribution in [1.82, 2.24) is 0 Å².